The molecule has 0 spiro atoms. The van der Waals surface area contributed by atoms with Gasteiger partial charge >= 0.3 is 0 Å². The van der Waals surface area contributed by atoms with Gasteiger partial charge < -0.3 is 0 Å². The fourth-order valence-corrected chi connectivity index (χ4v) is 2.15. The molecule has 0 aliphatic heterocycles. The first-order chi connectivity index (χ1) is 8.68. The van der Waals surface area contributed by atoms with Crippen LogP contribution < -0.4 is 0 Å². The number of carbonyl (C=O) groups excluding carboxylic acids is 1. The summed E-state index contributed by atoms with van der Waals surface area (Å²) in [6, 6.07) is 5.95. The Labute approximate surface area is 102 Å². The first-order valence-corrected chi connectivity index (χ1v) is 5.42. The van der Waals surface area contributed by atoms with Crippen molar-refractivity contribution in [3.8, 4) is 0 Å². The van der Waals surface area contributed by atoms with Crippen molar-refractivity contribution < 1.29 is 9.72 Å². The lowest BCUT2D eigenvalue weighted by Crippen LogP contribution is -2.30. The van der Waals surface area contributed by atoms with E-state index >= 15 is 0 Å². The monoisotopic (exact) mass is 240 g/mol. The Morgan fingerprint density at radius 2 is 2.06 bits per heavy atom. The standard InChI is InChI=1S/C13H8N2O3/c16-13-11(15(17)18)6-5-10-12(13)9-4-2-1-3-8(9)7-14-10/h1-7,11H. The summed E-state index contributed by atoms with van der Waals surface area (Å²) in [6.45, 7) is 0. The van der Waals surface area contributed by atoms with Crippen LogP contribution in [-0.2, 0) is 0 Å². The predicted molar refractivity (Wildman–Crippen MR) is 65.9 cm³/mol. The number of fused-ring (bicyclic) bond motifs is 3. The largest absolute Gasteiger partial charge is 0.293 e. The minimum absolute atomic E-state index is 0.345. The van der Waals surface area contributed by atoms with Crippen molar-refractivity contribution in [2.75, 3.05) is 0 Å². The van der Waals surface area contributed by atoms with Gasteiger partial charge in [-0.1, -0.05) is 24.3 Å². The summed E-state index contributed by atoms with van der Waals surface area (Å²) in [5.41, 5.74) is 0.842. The molecule has 1 atom stereocenters. The third kappa shape index (κ3) is 1.41. The van der Waals surface area contributed by atoms with E-state index in [1.165, 1.54) is 12.2 Å². The molecule has 0 amide bonds. The van der Waals surface area contributed by atoms with Crippen LogP contribution in [0.3, 0.4) is 0 Å². The minimum atomic E-state index is -1.30. The third-order valence-electron chi connectivity index (χ3n) is 3.01. The van der Waals surface area contributed by atoms with E-state index in [4.69, 9.17) is 0 Å². The molecule has 18 heavy (non-hydrogen) atoms. The normalized spacial score (nSPS) is 17.8. The quantitative estimate of drug-likeness (QED) is 0.565. The van der Waals surface area contributed by atoms with E-state index in [9.17, 15) is 14.9 Å². The number of hydrogen-bond acceptors (Lipinski definition) is 4. The minimum Gasteiger partial charge on any atom is -0.286 e. The van der Waals surface area contributed by atoms with Gasteiger partial charge in [0.15, 0.2) is 0 Å². The summed E-state index contributed by atoms with van der Waals surface area (Å²) in [7, 11) is 0. The average Bonchev–Trinajstić information content (AvgIpc) is 2.38. The van der Waals surface area contributed by atoms with Crippen molar-refractivity contribution >= 4 is 22.6 Å². The second kappa shape index (κ2) is 3.73. The van der Waals surface area contributed by atoms with Crippen molar-refractivity contribution in [2.45, 2.75) is 6.04 Å². The van der Waals surface area contributed by atoms with E-state index in [2.05, 4.69) is 4.98 Å². The zero-order chi connectivity index (χ0) is 12.7. The zero-order valence-electron chi connectivity index (χ0n) is 9.24. The van der Waals surface area contributed by atoms with Crippen molar-refractivity contribution in [2.24, 2.45) is 0 Å². The maximum atomic E-state index is 12.1. The summed E-state index contributed by atoms with van der Waals surface area (Å²) in [5.74, 6) is -0.498. The van der Waals surface area contributed by atoms with Crippen LogP contribution in [0.15, 0.2) is 36.5 Å². The first-order valence-electron chi connectivity index (χ1n) is 5.42. The Kier molecular flexibility index (Phi) is 2.19. The van der Waals surface area contributed by atoms with E-state index in [1.54, 1.807) is 18.3 Å². The molecule has 3 rings (SSSR count). The molecule has 0 saturated carbocycles. The molecule has 0 fully saturated rings. The molecule has 0 N–H and O–H groups in total. The van der Waals surface area contributed by atoms with E-state index in [0.29, 0.717) is 16.6 Å². The molecule has 0 bridgehead atoms. The molecule has 1 aromatic heterocycles. The van der Waals surface area contributed by atoms with Gasteiger partial charge in [-0.15, -0.1) is 0 Å². The second-order valence-corrected chi connectivity index (χ2v) is 4.06. The molecule has 5 nitrogen and oxygen atoms in total. The summed E-state index contributed by atoms with van der Waals surface area (Å²) in [5, 5.41) is 12.3. The van der Waals surface area contributed by atoms with Gasteiger partial charge in [-0.2, -0.15) is 0 Å². The number of carbonyl (C=O) groups is 1. The number of nitrogens with zero attached hydrogens (tertiary/aromatic N) is 2. The lowest BCUT2D eigenvalue weighted by Gasteiger charge is -2.14. The average molecular weight is 240 g/mol. The van der Waals surface area contributed by atoms with Crippen LogP contribution in [0.2, 0.25) is 0 Å². The molecule has 1 aromatic carbocycles. The lowest BCUT2D eigenvalue weighted by atomic mass is 9.92. The molecule has 5 heteroatoms. The Hall–Kier alpha value is -2.56. The van der Waals surface area contributed by atoms with Crippen LogP contribution in [0.1, 0.15) is 16.1 Å². The van der Waals surface area contributed by atoms with Crippen LogP contribution in [0.5, 0.6) is 0 Å². The van der Waals surface area contributed by atoms with Crippen molar-refractivity contribution in [1.82, 2.24) is 4.98 Å². The molecule has 1 aliphatic rings. The zero-order valence-corrected chi connectivity index (χ0v) is 9.24. The highest BCUT2D eigenvalue weighted by Crippen LogP contribution is 2.26. The van der Waals surface area contributed by atoms with E-state index in [0.717, 1.165) is 5.39 Å². The highest BCUT2D eigenvalue weighted by Gasteiger charge is 2.34. The van der Waals surface area contributed by atoms with Crippen LogP contribution in [0.25, 0.3) is 16.8 Å². The summed E-state index contributed by atoms with van der Waals surface area (Å²) >= 11 is 0. The molecule has 0 radical (unpaired) electrons. The lowest BCUT2D eigenvalue weighted by molar-refractivity contribution is -0.492. The summed E-state index contributed by atoms with van der Waals surface area (Å²) in [4.78, 5) is 26.5. The Balaban J connectivity index is 2.31. The second-order valence-electron chi connectivity index (χ2n) is 4.06. The number of nitro groups is 1. The number of aromatic nitrogens is 1. The Morgan fingerprint density at radius 3 is 2.83 bits per heavy atom. The number of rotatable bonds is 1. The van der Waals surface area contributed by atoms with E-state index in [-0.39, 0.29) is 0 Å². The van der Waals surface area contributed by atoms with Gasteiger partial charge in [0.05, 0.1) is 11.3 Å². The molecular formula is C13H8N2O3. The molecule has 0 saturated heterocycles. The molecule has 1 unspecified atom stereocenters. The van der Waals surface area contributed by atoms with Crippen LogP contribution in [0, 0.1) is 10.1 Å². The maximum Gasteiger partial charge on any atom is 0.293 e. The molecule has 88 valence electrons. The van der Waals surface area contributed by atoms with Crippen molar-refractivity contribution in [1.29, 1.82) is 0 Å². The van der Waals surface area contributed by atoms with E-state index < -0.39 is 16.7 Å². The third-order valence-corrected chi connectivity index (χ3v) is 3.01. The van der Waals surface area contributed by atoms with Gasteiger partial charge in [0.25, 0.3) is 6.04 Å². The number of Topliss-reactive ketones (excluding diaryl/α,β-unsaturated/α-hetero) is 1. The van der Waals surface area contributed by atoms with Crippen LogP contribution >= 0.6 is 0 Å². The van der Waals surface area contributed by atoms with Crippen molar-refractivity contribution in [3.05, 3.63) is 57.9 Å². The number of hydrogen-bond donors (Lipinski definition) is 0. The topological polar surface area (TPSA) is 73.1 Å². The van der Waals surface area contributed by atoms with Crippen LogP contribution in [0.4, 0.5) is 0 Å². The summed E-state index contributed by atoms with van der Waals surface area (Å²) in [6.07, 6.45) is 4.49. The van der Waals surface area contributed by atoms with E-state index in [1.807, 2.05) is 12.1 Å². The molecule has 1 heterocycles. The van der Waals surface area contributed by atoms with Gasteiger partial charge in [0.1, 0.15) is 0 Å². The van der Waals surface area contributed by atoms with Gasteiger partial charge in [0, 0.05) is 16.5 Å². The van der Waals surface area contributed by atoms with Gasteiger partial charge in [-0.3, -0.25) is 19.9 Å². The maximum absolute atomic E-state index is 12.1. The Morgan fingerprint density at radius 1 is 1.28 bits per heavy atom. The van der Waals surface area contributed by atoms with Gasteiger partial charge in [0.2, 0.25) is 5.78 Å². The molecule has 2 aromatic rings. The fraction of sp³-hybridized carbons (Fsp3) is 0.0769. The SMILES string of the molecule is O=C1c2c(ncc3ccccc23)C=CC1[N+](=O)[O-]. The highest BCUT2D eigenvalue weighted by atomic mass is 16.6. The van der Waals surface area contributed by atoms with Gasteiger partial charge in [-0.05, 0) is 17.5 Å². The first kappa shape index (κ1) is 10.6. The molecule has 1 aliphatic carbocycles. The fourth-order valence-electron chi connectivity index (χ4n) is 2.15. The van der Waals surface area contributed by atoms with Crippen LogP contribution in [-0.4, -0.2) is 21.7 Å². The number of pyridine rings is 1. The number of benzene rings is 1. The highest BCUT2D eigenvalue weighted by molar-refractivity contribution is 6.14. The summed E-state index contributed by atoms with van der Waals surface area (Å²) < 4.78 is 0. The smallest absolute Gasteiger partial charge is 0.286 e. The van der Waals surface area contributed by atoms with Gasteiger partial charge in [-0.25, -0.2) is 0 Å². The molecular weight excluding hydrogens is 232 g/mol. The predicted octanol–water partition coefficient (Wildman–Crippen LogP) is 2.09. The van der Waals surface area contributed by atoms with Crippen molar-refractivity contribution in [3.63, 3.8) is 0 Å². The number of ketones is 1. The Bertz CT molecular complexity index is 706.